The molecule has 0 heterocycles. The van der Waals surface area contributed by atoms with E-state index in [4.69, 9.17) is 5.11 Å². The van der Waals surface area contributed by atoms with Crippen LogP contribution in [0.1, 0.15) is 24.9 Å². The van der Waals surface area contributed by atoms with Gasteiger partial charge in [-0.3, -0.25) is 0 Å². The van der Waals surface area contributed by atoms with Crippen molar-refractivity contribution in [3.05, 3.63) is 35.9 Å². The van der Waals surface area contributed by atoms with Crippen molar-refractivity contribution in [2.24, 2.45) is 0 Å². The van der Waals surface area contributed by atoms with Crippen LogP contribution in [0, 0.1) is 11.8 Å². The molecule has 0 radical (unpaired) electrons. The zero-order chi connectivity index (χ0) is 14.1. The maximum Gasteiger partial charge on any atom is 0.330 e. The second-order valence-electron chi connectivity index (χ2n) is 3.76. The highest BCUT2D eigenvalue weighted by molar-refractivity contribution is 5.83. The zero-order valence-electron chi connectivity index (χ0n) is 10.6. The second kappa shape index (κ2) is 7.77. The van der Waals surface area contributed by atoms with Gasteiger partial charge in [0.15, 0.2) is 6.04 Å². The van der Waals surface area contributed by atoms with Gasteiger partial charge in [0.25, 0.3) is 0 Å². The Balaban J connectivity index is 2.57. The molecule has 0 saturated heterocycles. The molecule has 0 fully saturated rings. The Morgan fingerprint density at radius 2 is 2.00 bits per heavy atom. The number of aliphatic carboxylic acids is 1. The quantitative estimate of drug-likeness (QED) is 0.555. The van der Waals surface area contributed by atoms with Gasteiger partial charge in [-0.2, -0.15) is 0 Å². The average molecular weight is 260 g/mol. The van der Waals surface area contributed by atoms with Gasteiger partial charge in [-0.1, -0.05) is 30.3 Å². The lowest BCUT2D eigenvalue weighted by Gasteiger charge is -2.15. The van der Waals surface area contributed by atoms with Gasteiger partial charge in [0.05, 0.1) is 0 Å². The minimum Gasteiger partial charge on any atom is -0.479 e. The molecule has 3 N–H and O–H groups in total. The number of carboxylic acids is 1. The Morgan fingerprint density at radius 1 is 1.32 bits per heavy atom. The van der Waals surface area contributed by atoms with E-state index in [0.29, 0.717) is 18.5 Å². The fourth-order valence-corrected chi connectivity index (χ4v) is 1.48. The normalized spacial score (nSPS) is 10.8. The lowest BCUT2D eigenvalue weighted by molar-refractivity contribution is -0.139. The lowest BCUT2D eigenvalue weighted by Crippen LogP contribution is -2.41. The van der Waals surface area contributed by atoms with Crippen molar-refractivity contribution in [1.29, 1.82) is 0 Å². The molecule has 100 valence electrons. The van der Waals surface area contributed by atoms with E-state index in [1.807, 2.05) is 0 Å². The summed E-state index contributed by atoms with van der Waals surface area (Å²) in [5.41, 5.74) is 0.526. The Bertz CT molecular complexity index is 488. The molecule has 5 nitrogen and oxygen atoms in total. The van der Waals surface area contributed by atoms with E-state index in [0.717, 1.165) is 0 Å². The summed E-state index contributed by atoms with van der Waals surface area (Å²) in [4.78, 5) is 22.7. The molecule has 0 bridgehead atoms. The van der Waals surface area contributed by atoms with Gasteiger partial charge < -0.3 is 15.7 Å². The van der Waals surface area contributed by atoms with Crippen LogP contribution in [0.15, 0.2) is 30.3 Å². The maximum atomic E-state index is 11.6. The van der Waals surface area contributed by atoms with Crippen LogP contribution in [0.3, 0.4) is 0 Å². The Hall–Kier alpha value is -2.48. The molecule has 1 aromatic carbocycles. The van der Waals surface area contributed by atoms with Gasteiger partial charge >= 0.3 is 12.0 Å². The molecule has 0 unspecified atom stereocenters. The van der Waals surface area contributed by atoms with E-state index in [2.05, 4.69) is 22.5 Å². The summed E-state index contributed by atoms with van der Waals surface area (Å²) in [6.45, 7) is 2.10. The third-order valence-electron chi connectivity index (χ3n) is 2.37. The van der Waals surface area contributed by atoms with Crippen molar-refractivity contribution in [2.45, 2.75) is 19.4 Å². The van der Waals surface area contributed by atoms with Gasteiger partial charge in [-0.15, -0.1) is 11.8 Å². The predicted molar refractivity (Wildman–Crippen MR) is 71.4 cm³/mol. The highest BCUT2D eigenvalue weighted by Gasteiger charge is 2.21. The zero-order valence-corrected chi connectivity index (χ0v) is 10.6. The van der Waals surface area contributed by atoms with Crippen LogP contribution < -0.4 is 10.6 Å². The van der Waals surface area contributed by atoms with Crippen LogP contribution in [0.5, 0.6) is 0 Å². The largest absolute Gasteiger partial charge is 0.479 e. The fraction of sp³-hybridized carbons (Fsp3) is 0.286. The summed E-state index contributed by atoms with van der Waals surface area (Å²) in [5, 5.41) is 14.1. The van der Waals surface area contributed by atoms with Gasteiger partial charge in [-0.25, -0.2) is 9.59 Å². The van der Waals surface area contributed by atoms with E-state index < -0.39 is 18.0 Å². The number of hydrogen-bond donors (Lipinski definition) is 3. The first-order valence-electron chi connectivity index (χ1n) is 5.87. The van der Waals surface area contributed by atoms with Crippen LogP contribution in [-0.4, -0.2) is 23.7 Å². The Morgan fingerprint density at radius 3 is 2.58 bits per heavy atom. The van der Waals surface area contributed by atoms with Crippen molar-refractivity contribution >= 4 is 12.0 Å². The smallest absolute Gasteiger partial charge is 0.330 e. The molecule has 2 amide bonds. The van der Waals surface area contributed by atoms with Gasteiger partial charge in [0.2, 0.25) is 0 Å². The minimum atomic E-state index is -1.10. The van der Waals surface area contributed by atoms with E-state index in [9.17, 15) is 9.59 Å². The van der Waals surface area contributed by atoms with Gasteiger partial charge in [0.1, 0.15) is 0 Å². The van der Waals surface area contributed by atoms with E-state index in [-0.39, 0.29) is 0 Å². The van der Waals surface area contributed by atoms with E-state index in [1.165, 1.54) is 0 Å². The molecule has 19 heavy (non-hydrogen) atoms. The first kappa shape index (κ1) is 14.6. The number of hydrogen-bond acceptors (Lipinski definition) is 2. The summed E-state index contributed by atoms with van der Waals surface area (Å²) in [5.74, 6) is 4.41. The van der Waals surface area contributed by atoms with Crippen molar-refractivity contribution in [3.63, 3.8) is 0 Å². The van der Waals surface area contributed by atoms with Crippen molar-refractivity contribution in [1.82, 2.24) is 10.6 Å². The van der Waals surface area contributed by atoms with Crippen LogP contribution >= 0.6 is 0 Å². The highest BCUT2D eigenvalue weighted by Crippen LogP contribution is 2.12. The highest BCUT2D eigenvalue weighted by atomic mass is 16.4. The molecule has 0 aromatic heterocycles. The van der Waals surface area contributed by atoms with Crippen molar-refractivity contribution in [3.8, 4) is 11.8 Å². The minimum absolute atomic E-state index is 0.383. The number of rotatable bonds is 5. The second-order valence-corrected chi connectivity index (χ2v) is 3.76. The number of amides is 2. The van der Waals surface area contributed by atoms with E-state index >= 15 is 0 Å². The lowest BCUT2D eigenvalue weighted by atomic mass is 10.1. The molecule has 1 rings (SSSR count). The number of carbonyl (C=O) groups is 2. The van der Waals surface area contributed by atoms with Gasteiger partial charge in [-0.05, 0) is 12.5 Å². The summed E-state index contributed by atoms with van der Waals surface area (Å²) in [6.07, 6.45) is 0.535. The van der Waals surface area contributed by atoms with Crippen LogP contribution in [0.25, 0.3) is 0 Å². The number of benzene rings is 1. The molecule has 1 atom stereocenters. The summed E-state index contributed by atoms with van der Waals surface area (Å²) in [7, 11) is 0. The molecule has 0 saturated carbocycles. The summed E-state index contributed by atoms with van der Waals surface area (Å²) in [6, 6.07) is 6.96. The molecule has 0 aliphatic rings. The number of urea groups is 1. The Labute approximate surface area is 112 Å². The van der Waals surface area contributed by atoms with Crippen LogP contribution in [0.4, 0.5) is 4.79 Å². The number of carbonyl (C=O) groups excluding carboxylic acids is 1. The first-order chi connectivity index (χ1) is 9.15. The predicted octanol–water partition coefficient (Wildman–Crippen LogP) is 1.52. The third kappa shape index (κ3) is 5.13. The van der Waals surface area contributed by atoms with Crippen LogP contribution in [0.2, 0.25) is 0 Å². The third-order valence-corrected chi connectivity index (χ3v) is 2.37. The SMILES string of the molecule is CC#CCCNC(=O)N[C@@H](C(=O)O)c1ccccc1. The molecule has 0 aliphatic heterocycles. The van der Waals surface area contributed by atoms with Crippen molar-refractivity contribution < 1.29 is 14.7 Å². The molecule has 0 aliphatic carbocycles. The standard InChI is InChI=1S/C14H16N2O3/c1-2-3-7-10-15-14(19)16-12(13(17)18)11-8-5-4-6-9-11/h4-6,8-9,12H,7,10H2,1H3,(H,17,18)(H2,15,16,19)/t12-/m1/s1. The first-order valence-corrected chi connectivity index (χ1v) is 5.87. The summed E-state index contributed by atoms with van der Waals surface area (Å²) >= 11 is 0. The molecule has 0 spiro atoms. The maximum absolute atomic E-state index is 11.6. The molecule has 5 heteroatoms. The van der Waals surface area contributed by atoms with Gasteiger partial charge in [0, 0.05) is 13.0 Å². The fourth-order valence-electron chi connectivity index (χ4n) is 1.48. The average Bonchev–Trinajstić information content (AvgIpc) is 2.41. The van der Waals surface area contributed by atoms with Crippen LogP contribution in [-0.2, 0) is 4.79 Å². The topological polar surface area (TPSA) is 78.4 Å². The van der Waals surface area contributed by atoms with Crippen molar-refractivity contribution in [2.75, 3.05) is 6.54 Å². The molecular formula is C14H16N2O3. The molecular weight excluding hydrogens is 244 g/mol. The number of nitrogens with one attached hydrogen (secondary N) is 2. The van der Waals surface area contributed by atoms with E-state index in [1.54, 1.807) is 37.3 Å². The molecule has 1 aromatic rings. The monoisotopic (exact) mass is 260 g/mol. The number of carboxylic acid groups (broad SMARTS) is 1. The summed E-state index contributed by atoms with van der Waals surface area (Å²) < 4.78 is 0. The Kier molecular flexibility index (Phi) is 5.96.